The average molecular weight is 593 g/mol. The molecular formula is C35H40N6O3. The fourth-order valence-corrected chi connectivity index (χ4v) is 6.46. The van der Waals surface area contributed by atoms with Crippen molar-refractivity contribution in [3.8, 4) is 11.5 Å². The number of pyridine rings is 1. The summed E-state index contributed by atoms with van der Waals surface area (Å²) in [5.74, 6) is 3.58. The van der Waals surface area contributed by atoms with Crippen LogP contribution >= 0.6 is 0 Å². The monoisotopic (exact) mass is 592 g/mol. The number of fused-ring (bicyclic) bond motifs is 1. The number of nitrogens with zero attached hydrogens (tertiary/aromatic N) is 6. The second kappa shape index (κ2) is 12.2. The maximum Gasteiger partial charge on any atom is 0.336 e. The van der Waals surface area contributed by atoms with E-state index in [9.17, 15) is 4.79 Å². The summed E-state index contributed by atoms with van der Waals surface area (Å²) < 4.78 is 11.2. The van der Waals surface area contributed by atoms with Gasteiger partial charge in [-0.25, -0.2) is 24.6 Å². The first-order valence-electron chi connectivity index (χ1n) is 15.2. The first kappa shape index (κ1) is 29.6. The smallest absolute Gasteiger partial charge is 0.336 e. The van der Waals surface area contributed by atoms with Gasteiger partial charge < -0.3 is 14.4 Å². The average Bonchev–Trinajstić information content (AvgIpc) is 3.03. The number of rotatable bonds is 7. The van der Waals surface area contributed by atoms with Gasteiger partial charge in [-0.1, -0.05) is 30.3 Å². The molecule has 9 nitrogen and oxygen atoms in total. The summed E-state index contributed by atoms with van der Waals surface area (Å²) in [6.45, 7) is 8.29. The van der Waals surface area contributed by atoms with Crippen LogP contribution in [0.2, 0.25) is 0 Å². The van der Waals surface area contributed by atoms with E-state index in [-0.39, 0.29) is 12.1 Å². The van der Waals surface area contributed by atoms with Gasteiger partial charge in [0.25, 0.3) is 0 Å². The van der Waals surface area contributed by atoms with Crippen LogP contribution in [0.25, 0.3) is 0 Å². The molecule has 2 aromatic carbocycles. The normalized spacial score (nSPS) is 17.5. The number of carbonyl (C=O) groups excluding carboxylic acids is 1. The molecule has 2 amide bonds. The summed E-state index contributed by atoms with van der Waals surface area (Å²) in [4.78, 5) is 34.6. The maximum atomic E-state index is 14.4. The molecule has 0 radical (unpaired) electrons. The van der Waals surface area contributed by atoms with Crippen LogP contribution in [-0.4, -0.2) is 60.2 Å². The highest BCUT2D eigenvalue weighted by Crippen LogP contribution is 2.43. The minimum atomic E-state index is -0.288. The summed E-state index contributed by atoms with van der Waals surface area (Å²) in [7, 11) is 5.49. The van der Waals surface area contributed by atoms with E-state index in [1.807, 2.05) is 50.1 Å². The third-order valence-electron chi connectivity index (χ3n) is 9.01. The number of likely N-dealkylation sites (tertiary alicyclic amines) is 1. The van der Waals surface area contributed by atoms with E-state index >= 15 is 0 Å². The van der Waals surface area contributed by atoms with Crippen molar-refractivity contribution in [2.45, 2.75) is 52.0 Å². The van der Waals surface area contributed by atoms with Gasteiger partial charge in [-0.2, -0.15) is 0 Å². The van der Waals surface area contributed by atoms with E-state index < -0.39 is 0 Å². The van der Waals surface area contributed by atoms with E-state index in [4.69, 9.17) is 19.4 Å². The highest BCUT2D eigenvalue weighted by molar-refractivity contribution is 6.11. The van der Waals surface area contributed by atoms with Crippen LogP contribution in [0.5, 0.6) is 11.5 Å². The molecule has 0 N–H and O–H groups in total. The molecule has 1 unspecified atom stereocenters. The van der Waals surface area contributed by atoms with Crippen molar-refractivity contribution >= 4 is 23.4 Å². The third kappa shape index (κ3) is 5.48. The molecule has 4 aromatic rings. The number of amides is 2. The molecule has 2 aliphatic rings. The van der Waals surface area contributed by atoms with Crippen LogP contribution in [0.3, 0.4) is 0 Å². The number of benzene rings is 2. The SMILES string of the molecule is COc1ccc(N2C(=O)N(c3c(C)cccc3C)C(C)c3cnc(Cc4ccc(C5CCN(C)CC5)cc4OC)nc32)nc1. The van der Waals surface area contributed by atoms with Gasteiger partial charge in [0, 0.05) is 23.7 Å². The van der Waals surface area contributed by atoms with Gasteiger partial charge in [0.05, 0.1) is 32.1 Å². The standard InChI is InChI=1S/C35H40N6O3/c1-22-8-7-9-23(2)33(22)40-24(3)29-21-36-31(38-34(29)41(35(40)42)32-13-12-28(43-5)20-37-32)19-27-11-10-26(18-30(27)44-6)25-14-16-39(4)17-15-25/h7-13,18,20-21,24-25H,14-17,19H2,1-6H3. The second-order valence-corrected chi connectivity index (χ2v) is 11.9. The van der Waals surface area contributed by atoms with Crippen LogP contribution < -0.4 is 19.3 Å². The number of methoxy groups -OCH3 is 2. The molecule has 0 spiro atoms. The molecule has 1 saturated heterocycles. The quantitative estimate of drug-likeness (QED) is 0.235. The molecule has 0 bridgehead atoms. The zero-order chi connectivity index (χ0) is 31.0. The Morgan fingerprint density at radius 2 is 1.68 bits per heavy atom. The molecule has 2 aromatic heterocycles. The number of aryl methyl sites for hydroxylation is 2. The summed E-state index contributed by atoms with van der Waals surface area (Å²) in [5.41, 5.74) is 6.08. The van der Waals surface area contributed by atoms with Crippen molar-refractivity contribution in [1.29, 1.82) is 0 Å². The lowest BCUT2D eigenvalue weighted by atomic mass is 9.88. The lowest BCUT2D eigenvalue weighted by molar-refractivity contribution is 0.250. The number of hydrogen-bond donors (Lipinski definition) is 0. The van der Waals surface area contributed by atoms with Crippen LogP contribution in [0.15, 0.2) is 60.9 Å². The topological polar surface area (TPSA) is 83.9 Å². The molecular weight excluding hydrogens is 552 g/mol. The van der Waals surface area contributed by atoms with Gasteiger partial charge in [0.15, 0.2) is 5.82 Å². The Kier molecular flexibility index (Phi) is 8.23. The van der Waals surface area contributed by atoms with Crippen molar-refractivity contribution in [1.82, 2.24) is 19.9 Å². The van der Waals surface area contributed by atoms with Crippen molar-refractivity contribution in [2.24, 2.45) is 0 Å². The summed E-state index contributed by atoms with van der Waals surface area (Å²) in [6.07, 6.45) is 6.23. The Morgan fingerprint density at radius 1 is 0.932 bits per heavy atom. The first-order valence-corrected chi connectivity index (χ1v) is 15.2. The maximum absolute atomic E-state index is 14.4. The number of carbonyl (C=O) groups is 1. The Morgan fingerprint density at radius 3 is 2.34 bits per heavy atom. The van der Waals surface area contributed by atoms with Gasteiger partial charge in [-0.3, -0.25) is 4.90 Å². The number of ether oxygens (including phenoxy) is 2. The highest BCUT2D eigenvalue weighted by atomic mass is 16.5. The highest BCUT2D eigenvalue weighted by Gasteiger charge is 2.40. The van der Waals surface area contributed by atoms with Gasteiger partial charge in [-0.05, 0) is 94.6 Å². The van der Waals surface area contributed by atoms with Crippen LogP contribution in [0, 0.1) is 13.8 Å². The minimum Gasteiger partial charge on any atom is -0.496 e. The van der Waals surface area contributed by atoms with E-state index in [0.717, 1.165) is 59.6 Å². The Balaban J connectivity index is 1.39. The van der Waals surface area contributed by atoms with Gasteiger partial charge >= 0.3 is 6.03 Å². The van der Waals surface area contributed by atoms with Crippen molar-refractivity contribution < 1.29 is 14.3 Å². The molecule has 228 valence electrons. The molecule has 2 aliphatic heterocycles. The van der Waals surface area contributed by atoms with Crippen LogP contribution in [0.1, 0.15) is 65.4 Å². The number of anilines is 3. The zero-order valence-electron chi connectivity index (χ0n) is 26.4. The summed E-state index contributed by atoms with van der Waals surface area (Å²) in [5, 5.41) is 0. The van der Waals surface area contributed by atoms with E-state index in [0.29, 0.717) is 35.5 Å². The van der Waals surface area contributed by atoms with Gasteiger partial charge in [0.2, 0.25) is 0 Å². The zero-order valence-corrected chi connectivity index (χ0v) is 26.4. The number of para-hydroxylation sites is 1. The molecule has 1 fully saturated rings. The number of aromatic nitrogens is 3. The summed E-state index contributed by atoms with van der Waals surface area (Å²) in [6, 6.07) is 15.7. The van der Waals surface area contributed by atoms with Gasteiger partial charge in [0.1, 0.15) is 23.1 Å². The predicted molar refractivity (Wildman–Crippen MR) is 172 cm³/mol. The van der Waals surface area contributed by atoms with E-state index in [1.165, 1.54) is 5.56 Å². The number of hydrogen-bond acceptors (Lipinski definition) is 7. The molecule has 1 atom stereocenters. The van der Waals surface area contributed by atoms with E-state index in [1.54, 1.807) is 37.4 Å². The molecule has 4 heterocycles. The number of piperidine rings is 1. The van der Waals surface area contributed by atoms with Crippen LogP contribution in [-0.2, 0) is 6.42 Å². The van der Waals surface area contributed by atoms with Crippen molar-refractivity contribution in [3.05, 3.63) is 94.6 Å². The molecule has 9 heteroatoms. The predicted octanol–water partition coefficient (Wildman–Crippen LogP) is 6.74. The third-order valence-corrected chi connectivity index (χ3v) is 9.01. The molecule has 6 rings (SSSR count). The fourth-order valence-electron chi connectivity index (χ4n) is 6.46. The molecule has 0 aliphatic carbocycles. The largest absolute Gasteiger partial charge is 0.496 e. The number of urea groups is 1. The van der Waals surface area contributed by atoms with E-state index in [2.05, 4.69) is 35.1 Å². The lowest BCUT2D eigenvalue weighted by Gasteiger charge is -2.41. The Labute approximate surface area is 259 Å². The van der Waals surface area contributed by atoms with Crippen LogP contribution in [0.4, 0.5) is 22.1 Å². The first-order chi connectivity index (χ1) is 21.3. The lowest BCUT2D eigenvalue weighted by Crippen LogP contribution is -2.48. The Hall–Kier alpha value is -4.50. The Bertz CT molecular complexity index is 1650. The van der Waals surface area contributed by atoms with Crippen molar-refractivity contribution in [2.75, 3.05) is 44.2 Å². The van der Waals surface area contributed by atoms with Crippen molar-refractivity contribution in [3.63, 3.8) is 0 Å². The second-order valence-electron chi connectivity index (χ2n) is 11.9. The molecule has 44 heavy (non-hydrogen) atoms. The summed E-state index contributed by atoms with van der Waals surface area (Å²) >= 11 is 0. The minimum absolute atomic E-state index is 0.218. The fraction of sp³-hybridized carbons (Fsp3) is 0.371. The molecule has 0 saturated carbocycles. The van der Waals surface area contributed by atoms with Gasteiger partial charge in [-0.15, -0.1) is 0 Å².